The molecule has 2 aromatic heterocycles. The quantitative estimate of drug-likeness (QED) is 0.487. The van der Waals surface area contributed by atoms with Gasteiger partial charge in [-0.25, -0.2) is 4.98 Å². The second kappa shape index (κ2) is 8.90. The van der Waals surface area contributed by atoms with Crippen LogP contribution < -0.4 is 10.5 Å². The van der Waals surface area contributed by atoms with E-state index in [0.717, 1.165) is 33.4 Å². The fraction of sp³-hybridized carbons (Fsp3) is 0.280. The van der Waals surface area contributed by atoms with E-state index in [1.54, 1.807) is 28.4 Å². The minimum atomic E-state index is -0.494. The number of carbonyl (C=O) groups is 1. The number of benzene rings is 2. The van der Waals surface area contributed by atoms with E-state index in [9.17, 15) is 14.7 Å². The average Bonchev–Trinajstić information content (AvgIpc) is 3.27. The lowest BCUT2D eigenvalue weighted by Gasteiger charge is -2.34. The first-order valence-electron chi connectivity index (χ1n) is 11.3. The van der Waals surface area contributed by atoms with Crippen LogP contribution in [0, 0.1) is 6.92 Å². The highest BCUT2D eigenvalue weighted by Crippen LogP contribution is 2.30. The van der Waals surface area contributed by atoms with Crippen LogP contribution in [0.3, 0.4) is 0 Å². The zero-order valence-electron chi connectivity index (χ0n) is 19.1. The van der Waals surface area contributed by atoms with Gasteiger partial charge in [0.2, 0.25) is 0 Å². The molecule has 174 valence electrons. The van der Waals surface area contributed by atoms with E-state index in [2.05, 4.69) is 35.1 Å². The van der Waals surface area contributed by atoms with Gasteiger partial charge in [0.1, 0.15) is 0 Å². The predicted octanol–water partition coefficient (Wildman–Crippen LogP) is 3.38. The SMILES string of the molecule is CCc1ccc2nc(N3CCN(C(=O)c4nn(-c5cccc(C)c5)c(=O)cc4O)CC3)sc2c1. The van der Waals surface area contributed by atoms with Crippen LogP contribution in [0.25, 0.3) is 15.9 Å². The van der Waals surface area contributed by atoms with Gasteiger partial charge in [0, 0.05) is 32.2 Å². The Bertz CT molecular complexity index is 1440. The van der Waals surface area contributed by atoms with Crippen LogP contribution in [0.15, 0.2) is 53.3 Å². The van der Waals surface area contributed by atoms with Gasteiger partial charge in [-0.15, -0.1) is 0 Å². The lowest BCUT2D eigenvalue weighted by molar-refractivity contribution is 0.0735. The third-order valence-electron chi connectivity index (χ3n) is 6.05. The van der Waals surface area contributed by atoms with E-state index >= 15 is 0 Å². The summed E-state index contributed by atoms with van der Waals surface area (Å²) in [7, 11) is 0. The van der Waals surface area contributed by atoms with Crippen LogP contribution >= 0.6 is 11.3 Å². The summed E-state index contributed by atoms with van der Waals surface area (Å²) in [6, 6.07) is 14.7. The number of hydrogen-bond acceptors (Lipinski definition) is 7. The summed E-state index contributed by atoms with van der Waals surface area (Å²) >= 11 is 1.67. The number of hydrogen-bond donors (Lipinski definition) is 1. The average molecular weight is 476 g/mol. The first kappa shape index (κ1) is 22.1. The molecule has 0 radical (unpaired) electrons. The molecule has 0 bridgehead atoms. The fourth-order valence-corrected chi connectivity index (χ4v) is 5.19. The molecule has 1 saturated heterocycles. The number of amides is 1. The molecular weight excluding hydrogens is 450 g/mol. The zero-order chi connectivity index (χ0) is 23.8. The molecule has 1 N–H and O–H groups in total. The second-order valence-electron chi connectivity index (χ2n) is 8.40. The summed E-state index contributed by atoms with van der Waals surface area (Å²) < 4.78 is 2.32. The van der Waals surface area contributed by atoms with Crippen LogP contribution in [-0.4, -0.2) is 56.9 Å². The van der Waals surface area contributed by atoms with Gasteiger partial charge in [-0.3, -0.25) is 9.59 Å². The van der Waals surface area contributed by atoms with Crippen LogP contribution in [0.5, 0.6) is 5.75 Å². The Hall–Kier alpha value is -3.72. The Morgan fingerprint density at radius 3 is 2.62 bits per heavy atom. The molecule has 0 spiro atoms. The molecule has 0 aliphatic carbocycles. The van der Waals surface area contributed by atoms with E-state index in [0.29, 0.717) is 31.9 Å². The molecule has 8 nitrogen and oxygen atoms in total. The lowest BCUT2D eigenvalue weighted by atomic mass is 10.2. The molecule has 3 heterocycles. The Morgan fingerprint density at radius 2 is 1.88 bits per heavy atom. The summed E-state index contributed by atoms with van der Waals surface area (Å²) in [5.41, 5.74) is 3.17. The minimum absolute atomic E-state index is 0.123. The molecular formula is C25H25N5O3S. The number of carbonyl (C=O) groups excluding carboxylic acids is 1. The standard InChI is InChI=1S/C25H25N5O3S/c1-3-17-7-8-19-21(14-17)34-25(26-19)29-11-9-28(10-12-29)24(33)23-20(31)15-22(32)30(27-23)18-6-4-5-16(2)13-18/h4-8,13-15,31H,3,9-12H2,1-2H3. The normalized spacial score (nSPS) is 14.1. The number of piperazine rings is 1. The maximum Gasteiger partial charge on any atom is 0.278 e. The van der Waals surface area contributed by atoms with E-state index in [1.807, 2.05) is 19.1 Å². The summed E-state index contributed by atoms with van der Waals surface area (Å²) in [6.45, 7) is 6.25. The Kier molecular flexibility index (Phi) is 5.79. The van der Waals surface area contributed by atoms with Crippen LogP contribution in [-0.2, 0) is 6.42 Å². The van der Waals surface area contributed by atoms with Crippen molar-refractivity contribution < 1.29 is 9.90 Å². The molecule has 2 aromatic carbocycles. The van der Waals surface area contributed by atoms with Crippen LogP contribution in [0.1, 0.15) is 28.5 Å². The van der Waals surface area contributed by atoms with Crippen molar-refractivity contribution in [2.24, 2.45) is 0 Å². The topological polar surface area (TPSA) is 91.6 Å². The highest BCUT2D eigenvalue weighted by atomic mass is 32.1. The molecule has 1 amide bonds. The van der Waals surface area contributed by atoms with Crippen LogP contribution in [0.2, 0.25) is 0 Å². The number of aromatic nitrogens is 3. The minimum Gasteiger partial charge on any atom is -0.505 e. The first-order chi connectivity index (χ1) is 16.4. The van der Waals surface area contributed by atoms with Crippen molar-refractivity contribution in [1.82, 2.24) is 19.7 Å². The van der Waals surface area contributed by atoms with Gasteiger partial charge in [-0.1, -0.05) is 36.5 Å². The van der Waals surface area contributed by atoms with Crippen molar-refractivity contribution in [3.8, 4) is 11.4 Å². The molecule has 4 aromatic rings. The Balaban J connectivity index is 1.34. The molecule has 34 heavy (non-hydrogen) atoms. The van der Waals surface area contributed by atoms with E-state index in [-0.39, 0.29) is 5.69 Å². The number of aryl methyl sites for hydroxylation is 2. The monoisotopic (exact) mass is 475 g/mol. The molecule has 0 saturated carbocycles. The van der Waals surface area contributed by atoms with Gasteiger partial charge in [-0.2, -0.15) is 9.78 Å². The van der Waals surface area contributed by atoms with Gasteiger partial charge in [0.25, 0.3) is 11.5 Å². The maximum absolute atomic E-state index is 13.2. The van der Waals surface area contributed by atoms with Crippen molar-refractivity contribution in [3.63, 3.8) is 0 Å². The number of thiazole rings is 1. The summed E-state index contributed by atoms with van der Waals surface area (Å²) in [6.07, 6.45) is 0.988. The van der Waals surface area contributed by atoms with Gasteiger partial charge < -0.3 is 14.9 Å². The van der Waals surface area contributed by atoms with Gasteiger partial charge >= 0.3 is 0 Å². The van der Waals surface area contributed by atoms with E-state index in [4.69, 9.17) is 4.98 Å². The first-order valence-corrected chi connectivity index (χ1v) is 12.1. The van der Waals surface area contributed by atoms with Crippen molar-refractivity contribution >= 4 is 32.6 Å². The predicted molar refractivity (Wildman–Crippen MR) is 133 cm³/mol. The lowest BCUT2D eigenvalue weighted by Crippen LogP contribution is -2.49. The van der Waals surface area contributed by atoms with Crippen molar-refractivity contribution in [2.45, 2.75) is 20.3 Å². The number of rotatable bonds is 4. The zero-order valence-corrected chi connectivity index (χ0v) is 19.9. The van der Waals surface area contributed by atoms with E-state index in [1.165, 1.54) is 10.3 Å². The number of aromatic hydroxyl groups is 1. The maximum atomic E-state index is 13.2. The van der Waals surface area contributed by atoms with Crippen molar-refractivity contribution in [1.29, 1.82) is 0 Å². The summed E-state index contributed by atoms with van der Waals surface area (Å²) in [5.74, 6) is -0.797. The van der Waals surface area contributed by atoms with Gasteiger partial charge in [-0.05, 0) is 48.7 Å². The fourth-order valence-electron chi connectivity index (χ4n) is 4.11. The summed E-state index contributed by atoms with van der Waals surface area (Å²) in [4.78, 5) is 34.2. The van der Waals surface area contributed by atoms with Gasteiger partial charge in [0.05, 0.1) is 15.9 Å². The molecule has 0 atom stereocenters. The number of nitrogens with zero attached hydrogens (tertiary/aromatic N) is 5. The molecule has 0 unspecified atom stereocenters. The molecule has 5 rings (SSSR count). The van der Waals surface area contributed by atoms with Crippen LogP contribution in [0.4, 0.5) is 5.13 Å². The largest absolute Gasteiger partial charge is 0.505 e. The Morgan fingerprint density at radius 1 is 1.09 bits per heavy atom. The summed E-state index contributed by atoms with van der Waals surface area (Å²) in [5, 5.41) is 15.5. The Labute approximate surface area is 200 Å². The highest BCUT2D eigenvalue weighted by molar-refractivity contribution is 7.22. The second-order valence-corrected chi connectivity index (χ2v) is 9.41. The molecule has 9 heteroatoms. The van der Waals surface area contributed by atoms with Gasteiger partial charge in [0.15, 0.2) is 16.6 Å². The van der Waals surface area contributed by atoms with Crippen molar-refractivity contribution in [2.75, 3.05) is 31.1 Å². The molecule has 1 fully saturated rings. The highest BCUT2D eigenvalue weighted by Gasteiger charge is 2.27. The number of fused-ring (bicyclic) bond motifs is 1. The number of anilines is 1. The third-order valence-corrected chi connectivity index (χ3v) is 7.13. The van der Waals surface area contributed by atoms with E-state index < -0.39 is 17.2 Å². The molecule has 1 aliphatic rings. The van der Waals surface area contributed by atoms with Crippen molar-refractivity contribution in [3.05, 3.63) is 75.7 Å². The smallest absolute Gasteiger partial charge is 0.278 e. The third kappa shape index (κ3) is 4.14. The molecule has 1 aliphatic heterocycles.